The van der Waals surface area contributed by atoms with E-state index in [1.807, 2.05) is 26.0 Å². The number of pyridine rings is 1. The van der Waals surface area contributed by atoms with Crippen molar-refractivity contribution in [1.82, 2.24) is 19.1 Å². The van der Waals surface area contributed by atoms with Crippen molar-refractivity contribution < 1.29 is 13.2 Å². The van der Waals surface area contributed by atoms with Gasteiger partial charge in [-0.15, -0.1) is 0 Å². The van der Waals surface area contributed by atoms with Gasteiger partial charge in [-0.3, -0.25) is 4.68 Å². The van der Waals surface area contributed by atoms with Crippen LogP contribution in [-0.2, 0) is 16.6 Å². The van der Waals surface area contributed by atoms with Crippen molar-refractivity contribution in [3.05, 3.63) is 35.3 Å². The standard InChI is InChI=1S/C17H24N4O3S/c1-5-21-14(4)17(13(3)19-21)25(22,23)20-10-9-15(11-20)24-16-8-6-7-12(2)18-16/h6-8,15H,5,9-11H2,1-4H3. The van der Waals surface area contributed by atoms with Gasteiger partial charge in [-0.25, -0.2) is 13.4 Å². The van der Waals surface area contributed by atoms with Gasteiger partial charge < -0.3 is 4.74 Å². The first-order valence-electron chi connectivity index (χ1n) is 8.47. The summed E-state index contributed by atoms with van der Waals surface area (Å²) in [6.45, 7) is 8.81. The molecule has 2 aromatic heterocycles. The van der Waals surface area contributed by atoms with Gasteiger partial charge in [-0.2, -0.15) is 9.40 Å². The van der Waals surface area contributed by atoms with Gasteiger partial charge in [-0.1, -0.05) is 6.07 Å². The second-order valence-corrected chi connectivity index (χ2v) is 8.20. The molecule has 2 aromatic rings. The zero-order valence-electron chi connectivity index (χ0n) is 15.1. The Morgan fingerprint density at radius 3 is 2.68 bits per heavy atom. The molecule has 8 heteroatoms. The molecule has 3 rings (SSSR count). The third kappa shape index (κ3) is 3.41. The number of ether oxygens (including phenoxy) is 1. The van der Waals surface area contributed by atoms with Crippen LogP contribution >= 0.6 is 0 Å². The van der Waals surface area contributed by atoms with Crippen LogP contribution in [0.3, 0.4) is 0 Å². The van der Waals surface area contributed by atoms with Crippen molar-refractivity contribution in [2.45, 2.75) is 51.7 Å². The highest BCUT2D eigenvalue weighted by atomic mass is 32.2. The monoisotopic (exact) mass is 364 g/mol. The lowest BCUT2D eigenvalue weighted by Gasteiger charge is -2.17. The minimum Gasteiger partial charge on any atom is -0.473 e. The SMILES string of the molecule is CCn1nc(C)c(S(=O)(=O)N2CCC(Oc3cccc(C)n3)C2)c1C. The van der Waals surface area contributed by atoms with E-state index in [2.05, 4.69) is 10.1 Å². The van der Waals surface area contributed by atoms with Crippen LogP contribution in [0.5, 0.6) is 5.88 Å². The Balaban J connectivity index is 1.78. The van der Waals surface area contributed by atoms with E-state index in [9.17, 15) is 8.42 Å². The first kappa shape index (κ1) is 17.9. The molecule has 3 heterocycles. The molecule has 0 aliphatic carbocycles. The number of rotatable bonds is 5. The number of aromatic nitrogens is 3. The fraction of sp³-hybridized carbons (Fsp3) is 0.529. The molecular formula is C17H24N4O3S. The Morgan fingerprint density at radius 2 is 2.04 bits per heavy atom. The van der Waals surface area contributed by atoms with Crippen LogP contribution in [0.4, 0.5) is 0 Å². The minimum atomic E-state index is -3.57. The number of hydrogen-bond acceptors (Lipinski definition) is 5. The number of nitrogens with zero attached hydrogens (tertiary/aromatic N) is 4. The summed E-state index contributed by atoms with van der Waals surface area (Å²) in [6.07, 6.45) is 0.459. The summed E-state index contributed by atoms with van der Waals surface area (Å²) in [5.74, 6) is 0.537. The largest absolute Gasteiger partial charge is 0.473 e. The second-order valence-electron chi connectivity index (χ2n) is 6.32. The molecule has 25 heavy (non-hydrogen) atoms. The van der Waals surface area contributed by atoms with Crippen LogP contribution < -0.4 is 4.74 Å². The zero-order chi connectivity index (χ0) is 18.2. The maximum atomic E-state index is 13.1. The summed E-state index contributed by atoms with van der Waals surface area (Å²) < 4.78 is 35.2. The lowest BCUT2D eigenvalue weighted by Crippen LogP contribution is -2.31. The van der Waals surface area contributed by atoms with Crippen molar-refractivity contribution in [2.75, 3.05) is 13.1 Å². The smallest absolute Gasteiger partial charge is 0.246 e. The zero-order valence-corrected chi connectivity index (χ0v) is 15.9. The predicted molar refractivity (Wildman–Crippen MR) is 94.1 cm³/mol. The van der Waals surface area contributed by atoms with E-state index in [4.69, 9.17) is 4.74 Å². The first-order valence-corrected chi connectivity index (χ1v) is 9.91. The Labute approximate surface area is 148 Å². The van der Waals surface area contributed by atoms with E-state index in [-0.39, 0.29) is 6.10 Å². The van der Waals surface area contributed by atoms with Crippen molar-refractivity contribution in [1.29, 1.82) is 0 Å². The Bertz CT molecular complexity index is 876. The van der Waals surface area contributed by atoms with Crippen LogP contribution in [0, 0.1) is 20.8 Å². The van der Waals surface area contributed by atoms with E-state index in [1.54, 1.807) is 24.6 Å². The highest BCUT2D eigenvalue weighted by Crippen LogP contribution is 2.27. The molecule has 0 radical (unpaired) electrons. The Morgan fingerprint density at radius 1 is 1.28 bits per heavy atom. The molecule has 0 saturated carbocycles. The fourth-order valence-corrected chi connectivity index (χ4v) is 5.12. The van der Waals surface area contributed by atoms with Gasteiger partial charge in [0.2, 0.25) is 15.9 Å². The van der Waals surface area contributed by atoms with E-state index >= 15 is 0 Å². The van der Waals surface area contributed by atoms with E-state index in [0.29, 0.717) is 48.2 Å². The van der Waals surface area contributed by atoms with Gasteiger partial charge in [0.05, 0.1) is 17.9 Å². The summed E-state index contributed by atoms with van der Waals surface area (Å²) in [6, 6.07) is 5.58. The molecule has 0 spiro atoms. The molecule has 0 amide bonds. The van der Waals surface area contributed by atoms with Crippen LogP contribution in [-0.4, -0.2) is 46.7 Å². The molecule has 1 aliphatic heterocycles. The summed E-state index contributed by atoms with van der Waals surface area (Å²) in [5.41, 5.74) is 2.10. The van der Waals surface area contributed by atoms with Crippen LogP contribution in [0.2, 0.25) is 0 Å². The molecule has 7 nitrogen and oxygen atoms in total. The first-order chi connectivity index (χ1) is 11.8. The van der Waals surface area contributed by atoms with Crippen LogP contribution in [0.25, 0.3) is 0 Å². The van der Waals surface area contributed by atoms with E-state index in [0.717, 1.165) is 5.69 Å². The molecule has 1 atom stereocenters. The predicted octanol–water partition coefficient (Wildman–Crippen LogP) is 2.07. The number of sulfonamides is 1. The molecule has 1 saturated heterocycles. The summed E-state index contributed by atoms with van der Waals surface area (Å²) >= 11 is 0. The van der Waals surface area contributed by atoms with Gasteiger partial charge in [0.15, 0.2) is 0 Å². The second kappa shape index (κ2) is 6.76. The lowest BCUT2D eigenvalue weighted by atomic mass is 10.3. The van der Waals surface area contributed by atoms with Crippen molar-refractivity contribution in [3.8, 4) is 5.88 Å². The highest BCUT2D eigenvalue weighted by molar-refractivity contribution is 7.89. The molecule has 1 fully saturated rings. The van der Waals surface area contributed by atoms with Gasteiger partial charge in [0.25, 0.3) is 0 Å². The minimum absolute atomic E-state index is 0.189. The highest BCUT2D eigenvalue weighted by Gasteiger charge is 2.37. The quantitative estimate of drug-likeness (QED) is 0.812. The average molecular weight is 364 g/mol. The normalized spacial score (nSPS) is 18.6. The number of aryl methyl sites for hydroxylation is 3. The van der Waals surface area contributed by atoms with Gasteiger partial charge in [-0.05, 0) is 40.2 Å². The molecule has 0 aromatic carbocycles. The fourth-order valence-electron chi connectivity index (χ4n) is 3.26. The maximum absolute atomic E-state index is 13.1. The summed E-state index contributed by atoms with van der Waals surface area (Å²) in [5, 5.41) is 4.33. The van der Waals surface area contributed by atoms with E-state index < -0.39 is 10.0 Å². The summed E-state index contributed by atoms with van der Waals surface area (Å²) in [7, 11) is -3.57. The van der Waals surface area contributed by atoms with E-state index in [1.165, 1.54) is 4.31 Å². The van der Waals surface area contributed by atoms with Gasteiger partial charge >= 0.3 is 0 Å². The topological polar surface area (TPSA) is 77.3 Å². The Kier molecular flexibility index (Phi) is 4.83. The molecule has 1 unspecified atom stereocenters. The molecule has 0 N–H and O–H groups in total. The average Bonchev–Trinajstić information content (AvgIpc) is 3.12. The van der Waals surface area contributed by atoms with Crippen molar-refractivity contribution in [3.63, 3.8) is 0 Å². The molecule has 0 bridgehead atoms. The maximum Gasteiger partial charge on any atom is 0.246 e. The summed E-state index contributed by atoms with van der Waals surface area (Å²) in [4.78, 5) is 4.64. The number of hydrogen-bond donors (Lipinski definition) is 0. The lowest BCUT2D eigenvalue weighted by molar-refractivity contribution is 0.206. The van der Waals surface area contributed by atoms with Crippen molar-refractivity contribution >= 4 is 10.0 Å². The molecule has 1 aliphatic rings. The molecular weight excluding hydrogens is 340 g/mol. The molecule has 136 valence electrons. The third-order valence-electron chi connectivity index (χ3n) is 4.47. The Hall–Kier alpha value is -1.93. The van der Waals surface area contributed by atoms with Gasteiger partial charge in [0.1, 0.15) is 11.0 Å². The van der Waals surface area contributed by atoms with Crippen LogP contribution in [0.1, 0.15) is 30.4 Å². The van der Waals surface area contributed by atoms with Crippen LogP contribution in [0.15, 0.2) is 23.1 Å². The van der Waals surface area contributed by atoms with Crippen molar-refractivity contribution in [2.24, 2.45) is 0 Å². The van der Waals surface area contributed by atoms with Gasteiger partial charge in [0, 0.05) is 24.8 Å². The third-order valence-corrected chi connectivity index (χ3v) is 6.59.